The summed E-state index contributed by atoms with van der Waals surface area (Å²) in [5.74, 6) is 0.202. The van der Waals surface area contributed by atoms with Gasteiger partial charge in [-0.3, -0.25) is 4.79 Å². The number of hydrogen-bond acceptors (Lipinski definition) is 3. The maximum absolute atomic E-state index is 13.1. The molecule has 1 unspecified atom stereocenters. The fourth-order valence-corrected chi connectivity index (χ4v) is 3.16. The Labute approximate surface area is 164 Å². The number of benzene rings is 2. The number of aryl methyl sites for hydroxylation is 2. The highest BCUT2D eigenvalue weighted by Crippen LogP contribution is 2.21. The zero-order chi connectivity index (χ0) is 20.3. The van der Waals surface area contributed by atoms with Crippen molar-refractivity contribution >= 4 is 5.91 Å². The molecule has 28 heavy (non-hydrogen) atoms. The van der Waals surface area contributed by atoms with Crippen LogP contribution in [0.2, 0.25) is 0 Å². The van der Waals surface area contributed by atoms with Crippen molar-refractivity contribution in [2.45, 2.75) is 33.7 Å². The fourth-order valence-electron chi connectivity index (χ4n) is 3.16. The average molecular weight is 381 g/mol. The molecular weight excluding hydrogens is 357 g/mol. The van der Waals surface area contributed by atoms with Crippen molar-refractivity contribution in [1.29, 1.82) is 0 Å². The second kappa shape index (κ2) is 8.25. The molecule has 3 aromatic rings. The van der Waals surface area contributed by atoms with Gasteiger partial charge < -0.3 is 10.1 Å². The van der Waals surface area contributed by atoms with E-state index in [1.165, 1.54) is 12.1 Å². The maximum atomic E-state index is 13.1. The van der Waals surface area contributed by atoms with Crippen LogP contribution in [0.1, 0.15) is 35.3 Å². The van der Waals surface area contributed by atoms with Crippen LogP contribution in [0.4, 0.5) is 4.39 Å². The molecule has 0 aliphatic carbocycles. The Bertz CT molecular complexity index is 980. The van der Waals surface area contributed by atoms with E-state index in [4.69, 9.17) is 4.74 Å². The fraction of sp³-hybridized carbons (Fsp3) is 0.273. The summed E-state index contributed by atoms with van der Waals surface area (Å²) >= 11 is 0. The van der Waals surface area contributed by atoms with Crippen LogP contribution < -0.4 is 10.1 Å². The second-order valence-corrected chi connectivity index (χ2v) is 6.92. The monoisotopic (exact) mass is 381 g/mol. The third-order valence-corrected chi connectivity index (χ3v) is 4.65. The number of ether oxygens (including phenoxy) is 1. The van der Waals surface area contributed by atoms with Crippen LogP contribution in [-0.4, -0.2) is 22.3 Å². The molecule has 0 fully saturated rings. The first-order chi connectivity index (χ1) is 13.3. The van der Waals surface area contributed by atoms with Crippen LogP contribution in [0.3, 0.4) is 0 Å². The first-order valence-corrected chi connectivity index (χ1v) is 9.15. The minimum Gasteiger partial charge on any atom is -0.484 e. The van der Waals surface area contributed by atoms with Gasteiger partial charge in [0.15, 0.2) is 6.61 Å². The van der Waals surface area contributed by atoms with Gasteiger partial charge in [-0.05, 0) is 63.6 Å². The smallest absolute Gasteiger partial charge is 0.258 e. The lowest BCUT2D eigenvalue weighted by Gasteiger charge is -2.15. The van der Waals surface area contributed by atoms with Gasteiger partial charge in [0.1, 0.15) is 11.6 Å². The summed E-state index contributed by atoms with van der Waals surface area (Å²) in [4.78, 5) is 12.3. The van der Waals surface area contributed by atoms with E-state index in [1.807, 2.05) is 45.9 Å². The summed E-state index contributed by atoms with van der Waals surface area (Å²) in [5, 5.41) is 7.30. The topological polar surface area (TPSA) is 56.1 Å². The molecule has 1 amide bonds. The second-order valence-electron chi connectivity index (χ2n) is 6.92. The summed E-state index contributed by atoms with van der Waals surface area (Å²) in [7, 11) is 0. The molecule has 0 aliphatic rings. The number of nitrogens with one attached hydrogen (secondary N) is 1. The molecule has 0 spiro atoms. The molecule has 0 radical (unpaired) electrons. The highest BCUT2D eigenvalue weighted by Gasteiger charge is 2.17. The summed E-state index contributed by atoms with van der Waals surface area (Å²) in [6, 6.07) is 11.7. The van der Waals surface area contributed by atoms with Gasteiger partial charge in [-0.15, -0.1) is 0 Å². The van der Waals surface area contributed by atoms with Crippen molar-refractivity contribution in [3.8, 4) is 11.4 Å². The zero-order valence-corrected chi connectivity index (χ0v) is 16.5. The Morgan fingerprint density at radius 3 is 2.57 bits per heavy atom. The lowest BCUT2D eigenvalue weighted by molar-refractivity contribution is -0.123. The molecule has 1 atom stereocenters. The number of carbonyl (C=O) groups is 1. The van der Waals surface area contributed by atoms with Gasteiger partial charge in [0.2, 0.25) is 0 Å². The van der Waals surface area contributed by atoms with Crippen molar-refractivity contribution < 1.29 is 13.9 Å². The molecule has 5 nitrogen and oxygen atoms in total. The van der Waals surface area contributed by atoms with E-state index in [-0.39, 0.29) is 24.4 Å². The van der Waals surface area contributed by atoms with Gasteiger partial charge in [-0.2, -0.15) is 5.10 Å². The van der Waals surface area contributed by atoms with E-state index < -0.39 is 0 Å². The first kappa shape index (κ1) is 19.6. The Kier molecular flexibility index (Phi) is 5.78. The number of hydrogen-bond donors (Lipinski definition) is 1. The van der Waals surface area contributed by atoms with Crippen LogP contribution in [0.25, 0.3) is 5.69 Å². The number of carbonyl (C=O) groups excluding carboxylic acids is 1. The standard InChI is InChI=1S/C22H24FN3O2/c1-14-5-10-21(15(2)11-14)28-13-22(27)25-16(3)20-12-24-26(17(20)4)19-8-6-18(23)7-9-19/h5-12,16H,13H2,1-4H3,(H,25,27). The minimum atomic E-state index is -0.293. The molecule has 6 heteroatoms. The maximum Gasteiger partial charge on any atom is 0.258 e. The molecule has 146 valence electrons. The lowest BCUT2D eigenvalue weighted by atomic mass is 10.1. The van der Waals surface area contributed by atoms with Gasteiger partial charge in [0, 0.05) is 11.3 Å². The number of amides is 1. The first-order valence-electron chi connectivity index (χ1n) is 9.15. The van der Waals surface area contributed by atoms with Gasteiger partial charge in [-0.1, -0.05) is 17.7 Å². The van der Waals surface area contributed by atoms with Gasteiger partial charge >= 0.3 is 0 Å². The zero-order valence-electron chi connectivity index (χ0n) is 16.5. The van der Waals surface area contributed by atoms with Crippen molar-refractivity contribution in [3.63, 3.8) is 0 Å². The number of halogens is 1. The summed E-state index contributed by atoms with van der Waals surface area (Å²) in [6.07, 6.45) is 1.72. The minimum absolute atomic E-state index is 0.0562. The van der Waals surface area contributed by atoms with E-state index in [2.05, 4.69) is 10.4 Å². The summed E-state index contributed by atoms with van der Waals surface area (Å²) in [6.45, 7) is 7.73. The highest BCUT2D eigenvalue weighted by atomic mass is 19.1. The van der Waals surface area contributed by atoms with Crippen LogP contribution in [0, 0.1) is 26.6 Å². The predicted molar refractivity (Wildman–Crippen MR) is 106 cm³/mol. The number of aromatic nitrogens is 2. The van der Waals surface area contributed by atoms with Crippen LogP contribution in [-0.2, 0) is 4.79 Å². The Balaban J connectivity index is 1.63. The van der Waals surface area contributed by atoms with Crippen LogP contribution >= 0.6 is 0 Å². The van der Waals surface area contributed by atoms with Crippen molar-refractivity contribution in [1.82, 2.24) is 15.1 Å². The molecule has 0 saturated carbocycles. The molecule has 1 N–H and O–H groups in total. The summed E-state index contributed by atoms with van der Waals surface area (Å²) < 4.78 is 20.5. The van der Waals surface area contributed by atoms with Crippen molar-refractivity contribution in [2.75, 3.05) is 6.61 Å². The van der Waals surface area contributed by atoms with E-state index in [9.17, 15) is 9.18 Å². The quantitative estimate of drug-likeness (QED) is 0.696. The lowest BCUT2D eigenvalue weighted by Crippen LogP contribution is -2.31. The molecule has 1 aromatic heterocycles. The predicted octanol–water partition coefficient (Wildman–Crippen LogP) is 4.19. The SMILES string of the molecule is Cc1ccc(OCC(=O)NC(C)c2cnn(-c3ccc(F)cc3)c2C)c(C)c1. The van der Waals surface area contributed by atoms with E-state index >= 15 is 0 Å². The largest absolute Gasteiger partial charge is 0.484 e. The Morgan fingerprint density at radius 2 is 1.89 bits per heavy atom. The normalized spacial score (nSPS) is 11.9. The van der Waals surface area contributed by atoms with Gasteiger partial charge in [0.25, 0.3) is 5.91 Å². The van der Waals surface area contributed by atoms with Crippen molar-refractivity contribution in [2.24, 2.45) is 0 Å². The van der Waals surface area contributed by atoms with Gasteiger partial charge in [-0.25, -0.2) is 9.07 Å². The van der Waals surface area contributed by atoms with E-state index in [0.717, 1.165) is 28.1 Å². The highest BCUT2D eigenvalue weighted by molar-refractivity contribution is 5.78. The van der Waals surface area contributed by atoms with Gasteiger partial charge in [0.05, 0.1) is 17.9 Å². The average Bonchev–Trinajstić information content (AvgIpc) is 3.03. The Morgan fingerprint density at radius 1 is 1.18 bits per heavy atom. The van der Waals surface area contributed by atoms with Crippen LogP contribution in [0.15, 0.2) is 48.7 Å². The third kappa shape index (κ3) is 4.39. The number of nitrogens with zero attached hydrogens (tertiary/aromatic N) is 2. The molecule has 1 heterocycles. The molecule has 0 bridgehead atoms. The van der Waals surface area contributed by atoms with E-state index in [1.54, 1.807) is 23.0 Å². The Hall–Kier alpha value is -3.15. The van der Waals surface area contributed by atoms with Crippen molar-refractivity contribution in [3.05, 3.63) is 76.9 Å². The molecule has 3 rings (SSSR count). The van der Waals surface area contributed by atoms with Crippen LogP contribution in [0.5, 0.6) is 5.75 Å². The number of rotatable bonds is 6. The molecule has 2 aromatic carbocycles. The third-order valence-electron chi connectivity index (χ3n) is 4.65. The molecular formula is C22H24FN3O2. The molecule has 0 saturated heterocycles. The summed E-state index contributed by atoms with van der Waals surface area (Å²) in [5.41, 5.74) is 4.69. The van der Waals surface area contributed by atoms with E-state index in [0.29, 0.717) is 5.75 Å². The molecule has 0 aliphatic heterocycles.